The highest BCUT2D eigenvalue weighted by atomic mass is 79.9. The third kappa shape index (κ3) is 4.93. The second kappa shape index (κ2) is 7.71. The van der Waals surface area contributed by atoms with Gasteiger partial charge in [-0.15, -0.1) is 0 Å². The van der Waals surface area contributed by atoms with E-state index in [0.717, 1.165) is 4.47 Å². The Morgan fingerprint density at radius 1 is 1.29 bits per heavy atom. The van der Waals surface area contributed by atoms with Crippen LogP contribution in [0.25, 0.3) is 0 Å². The van der Waals surface area contributed by atoms with Crippen molar-refractivity contribution >= 4 is 27.6 Å². The molecule has 21 heavy (non-hydrogen) atoms. The number of hydrogen-bond donors (Lipinski definition) is 0. The first-order valence-electron chi connectivity index (χ1n) is 7.24. The molecule has 0 saturated carbocycles. The standard InChI is InChI=1S/C16H20BrNO3/c1-12-11-18(9-10-21-12)16(20)4-2-3-15(19)13-5-7-14(17)8-6-13/h5-8,12H,2-4,9-11H2,1H3. The van der Waals surface area contributed by atoms with E-state index in [2.05, 4.69) is 15.9 Å². The number of halogens is 1. The number of morpholine rings is 1. The maximum atomic E-state index is 12.1. The molecule has 114 valence electrons. The summed E-state index contributed by atoms with van der Waals surface area (Å²) in [5, 5.41) is 0. The molecule has 1 amide bonds. The molecule has 2 rings (SSSR count). The lowest BCUT2D eigenvalue weighted by Crippen LogP contribution is -2.44. The molecule has 0 radical (unpaired) electrons. The van der Waals surface area contributed by atoms with Crippen LogP contribution < -0.4 is 0 Å². The van der Waals surface area contributed by atoms with E-state index < -0.39 is 0 Å². The summed E-state index contributed by atoms with van der Waals surface area (Å²) in [5.74, 6) is 0.208. The van der Waals surface area contributed by atoms with Gasteiger partial charge >= 0.3 is 0 Å². The smallest absolute Gasteiger partial charge is 0.222 e. The number of ether oxygens (including phenoxy) is 1. The number of ketones is 1. The predicted octanol–water partition coefficient (Wildman–Crippen LogP) is 3.05. The average Bonchev–Trinajstić information content (AvgIpc) is 2.47. The predicted molar refractivity (Wildman–Crippen MR) is 84.3 cm³/mol. The molecule has 1 fully saturated rings. The van der Waals surface area contributed by atoms with Gasteiger partial charge in [-0.1, -0.05) is 28.1 Å². The molecular weight excluding hydrogens is 334 g/mol. The topological polar surface area (TPSA) is 46.6 Å². The molecule has 0 bridgehead atoms. The number of rotatable bonds is 5. The fourth-order valence-corrected chi connectivity index (χ4v) is 2.65. The van der Waals surface area contributed by atoms with Gasteiger partial charge in [0.1, 0.15) is 0 Å². The second-order valence-corrected chi connectivity index (χ2v) is 6.22. The first-order valence-corrected chi connectivity index (χ1v) is 8.03. The van der Waals surface area contributed by atoms with Crippen molar-refractivity contribution in [3.8, 4) is 0 Å². The molecule has 4 nitrogen and oxygen atoms in total. The van der Waals surface area contributed by atoms with Crippen LogP contribution in [0.1, 0.15) is 36.5 Å². The van der Waals surface area contributed by atoms with Gasteiger partial charge < -0.3 is 9.64 Å². The van der Waals surface area contributed by atoms with Crippen LogP contribution in [0, 0.1) is 0 Å². The SMILES string of the molecule is CC1CN(C(=O)CCCC(=O)c2ccc(Br)cc2)CCO1. The molecule has 0 aliphatic carbocycles. The molecule has 1 aliphatic heterocycles. The van der Waals surface area contributed by atoms with Crippen molar-refractivity contribution in [2.45, 2.75) is 32.3 Å². The summed E-state index contributed by atoms with van der Waals surface area (Å²) in [7, 11) is 0. The lowest BCUT2D eigenvalue weighted by molar-refractivity contribution is -0.138. The van der Waals surface area contributed by atoms with Crippen LogP contribution in [0.2, 0.25) is 0 Å². The van der Waals surface area contributed by atoms with Crippen molar-refractivity contribution in [2.75, 3.05) is 19.7 Å². The summed E-state index contributed by atoms with van der Waals surface area (Å²) in [6, 6.07) is 7.32. The highest BCUT2D eigenvalue weighted by Gasteiger charge is 2.21. The molecule has 1 aromatic carbocycles. The Kier molecular flexibility index (Phi) is 5.94. The normalized spacial score (nSPS) is 18.6. The zero-order valence-electron chi connectivity index (χ0n) is 12.2. The minimum atomic E-state index is 0.0886. The number of hydrogen-bond acceptors (Lipinski definition) is 3. The van der Waals surface area contributed by atoms with Crippen molar-refractivity contribution < 1.29 is 14.3 Å². The quantitative estimate of drug-likeness (QED) is 0.764. The van der Waals surface area contributed by atoms with Crippen LogP contribution in [0.4, 0.5) is 0 Å². The molecule has 0 spiro atoms. The van der Waals surface area contributed by atoms with E-state index in [0.29, 0.717) is 44.5 Å². The van der Waals surface area contributed by atoms with Crippen molar-refractivity contribution in [3.63, 3.8) is 0 Å². The van der Waals surface area contributed by atoms with Crippen LogP contribution in [0.5, 0.6) is 0 Å². The Morgan fingerprint density at radius 2 is 2.00 bits per heavy atom. The number of amides is 1. The van der Waals surface area contributed by atoms with Crippen LogP contribution in [0.3, 0.4) is 0 Å². The zero-order valence-corrected chi connectivity index (χ0v) is 13.8. The van der Waals surface area contributed by atoms with Crippen molar-refractivity contribution in [1.82, 2.24) is 4.90 Å². The van der Waals surface area contributed by atoms with Gasteiger partial charge in [-0.3, -0.25) is 9.59 Å². The molecule has 5 heteroatoms. The maximum Gasteiger partial charge on any atom is 0.222 e. The van der Waals surface area contributed by atoms with Gasteiger partial charge in [0.25, 0.3) is 0 Å². The van der Waals surface area contributed by atoms with Crippen molar-refractivity contribution in [1.29, 1.82) is 0 Å². The van der Waals surface area contributed by atoms with E-state index in [1.54, 1.807) is 12.1 Å². The number of nitrogens with zero attached hydrogens (tertiary/aromatic N) is 1. The van der Waals surface area contributed by atoms with Gasteiger partial charge in [0, 0.05) is 36.0 Å². The Labute approximate surface area is 133 Å². The Morgan fingerprint density at radius 3 is 2.67 bits per heavy atom. The molecule has 1 saturated heterocycles. The van der Waals surface area contributed by atoms with Gasteiger partial charge in [-0.25, -0.2) is 0 Å². The van der Waals surface area contributed by atoms with Crippen LogP contribution >= 0.6 is 15.9 Å². The molecule has 1 atom stereocenters. The Bertz CT molecular complexity index is 501. The lowest BCUT2D eigenvalue weighted by atomic mass is 10.1. The molecule has 1 aromatic rings. The van der Waals surface area contributed by atoms with E-state index in [-0.39, 0.29) is 17.8 Å². The monoisotopic (exact) mass is 353 g/mol. The summed E-state index contributed by atoms with van der Waals surface area (Å²) < 4.78 is 6.37. The summed E-state index contributed by atoms with van der Waals surface area (Å²) in [6.07, 6.45) is 1.54. The van der Waals surface area contributed by atoms with Gasteiger partial charge in [0.05, 0.1) is 12.7 Å². The highest BCUT2D eigenvalue weighted by Crippen LogP contribution is 2.14. The van der Waals surface area contributed by atoms with Gasteiger partial charge in [0.15, 0.2) is 5.78 Å². The van der Waals surface area contributed by atoms with Crippen molar-refractivity contribution in [2.24, 2.45) is 0 Å². The molecule has 1 aliphatic rings. The van der Waals surface area contributed by atoms with E-state index in [1.807, 2.05) is 24.0 Å². The van der Waals surface area contributed by atoms with E-state index in [1.165, 1.54) is 0 Å². The van der Waals surface area contributed by atoms with Gasteiger partial charge in [0.2, 0.25) is 5.91 Å². The Hall–Kier alpha value is -1.20. The third-order valence-electron chi connectivity index (χ3n) is 3.55. The van der Waals surface area contributed by atoms with Crippen LogP contribution in [-0.4, -0.2) is 42.4 Å². The summed E-state index contributed by atoms with van der Waals surface area (Å²) >= 11 is 3.34. The average molecular weight is 354 g/mol. The van der Waals surface area contributed by atoms with Gasteiger partial charge in [-0.2, -0.15) is 0 Å². The third-order valence-corrected chi connectivity index (χ3v) is 4.08. The molecule has 0 aromatic heterocycles. The first kappa shape index (κ1) is 16.2. The fourth-order valence-electron chi connectivity index (χ4n) is 2.38. The number of carbonyl (C=O) groups excluding carboxylic acids is 2. The maximum absolute atomic E-state index is 12.1. The molecule has 1 heterocycles. The zero-order chi connectivity index (χ0) is 15.2. The molecule has 1 unspecified atom stereocenters. The van der Waals surface area contributed by atoms with E-state index >= 15 is 0 Å². The summed E-state index contributed by atoms with van der Waals surface area (Å²) in [4.78, 5) is 25.9. The Balaban J connectivity index is 1.74. The highest BCUT2D eigenvalue weighted by molar-refractivity contribution is 9.10. The number of Topliss-reactive ketones (excluding diaryl/α,β-unsaturated/α-hetero) is 1. The number of carbonyl (C=O) groups is 2. The van der Waals surface area contributed by atoms with Gasteiger partial charge in [-0.05, 0) is 25.5 Å². The van der Waals surface area contributed by atoms with Crippen LogP contribution in [-0.2, 0) is 9.53 Å². The minimum absolute atomic E-state index is 0.0886. The van der Waals surface area contributed by atoms with E-state index in [9.17, 15) is 9.59 Å². The number of benzene rings is 1. The molecule has 0 N–H and O–H groups in total. The fraction of sp³-hybridized carbons (Fsp3) is 0.500. The second-order valence-electron chi connectivity index (χ2n) is 5.30. The largest absolute Gasteiger partial charge is 0.375 e. The molecular formula is C16H20BrNO3. The minimum Gasteiger partial charge on any atom is -0.375 e. The summed E-state index contributed by atoms with van der Waals surface area (Å²) in [6.45, 7) is 3.88. The summed E-state index contributed by atoms with van der Waals surface area (Å²) in [5.41, 5.74) is 0.700. The lowest BCUT2D eigenvalue weighted by Gasteiger charge is -2.31. The van der Waals surface area contributed by atoms with E-state index in [4.69, 9.17) is 4.74 Å². The van der Waals surface area contributed by atoms with Crippen LogP contribution in [0.15, 0.2) is 28.7 Å². The first-order chi connectivity index (χ1) is 10.1. The van der Waals surface area contributed by atoms with Crippen molar-refractivity contribution in [3.05, 3.63) is 34.3 Å².